The van der Waals surface area contributed by atoms with Crippen molar-refractivity contribution in [2.75, 3.05) is 26.2 Å². The number of carbonyl (C=O) groups is 1. The van der Waals surface area contributed by atoms with Crippen LogP contribution in [0.15, 0.2) is 69.9 Å². The molecule has 0 radical (unpaired) electrons. The lowest BCUT2D eigenvalue weighted by Crippen LogP contribution is -2.29. The minimum absolute atomic E-state index is 0.0545. The summed E-state index contributed by atoms with van der Waals surface area (Å²) in [7, 11) is 4.45. The smallest absolute Gasteiger partial charge is 0.295 e. The van der Waals surface area contributed by atoms with E-state index in [4.69, 9.17) is 18.6 Å². The standard InChI is InChI=1S/C26H20FNO6/c1-31-19-11-14(12-20(32-2)24(19)33-3)22-21-23(29)17-13-15(27)9-10-18(17)34-25(21)26(30)28(22)16-7-5-4-6-8-16/h4-13,22H,1-3H3. The average molecular weight is 461 g/mol. The fourth-order valence-electron chi connectivity index (χ4n) is 4.37. The highest BCUT2D eigenvalue weighted by Gasteiger charge is 2.44. The number of fused-ring (bicyclic) bond motifs is 2. The fourth-order valence-corrected chi connectivity index (χ4v) is 4.37. The molecule has 3 aromatic carbocycles. The molecular formula is C26H20FNO6. The minimum atomic E-state index is -0.873. The monoisotopic (exact) mass is 461 g/mol. The molecule has 2 heterocycles. The lowest BCUT2D eigenvalue weighted by atomic mass is 9.97. The molecule has 1 aliphatic rings. The van der Waals surface area contributed by atoms with Gasteiger partial charge in [0.1, 0.15) is 11.4 Å². The summed E-state index contributed by atoms with van der Waals surface area (Å²) in [6.45, 7) is 0. The highest BCUT2D eigenvalue weighted by Crippen LogP contribution is 2.46. The number of ether oxygens (including phenoxy) is 3. The van der Waals surface area contributed by atoms with Crippen LogP contribution in [-0.2, 0) is 0 Å². The van der Waals surface area contributed by atoms with E-state index >= 15 is 0 Å². The molecule has 1 aliphatic heterocycles. The zero-order valence-corrected chi connectivity index (χ0v) is 18.6. The first kappa shape index (κ1) is 21.5. The Balaban J connectivity index is 1.84. The first-order valence-corrected chi connectivity index (χ1v) is 10.4. The topological polar surface area (TPSA) is 78.2 Å². The van der Waals surface area contributed by atoms with Crippen molar-refractivity contribution in [1.82, 2.24) is 0 Å². The van der Waals surface area contributed by atoms with Crippen LogP contribution >= 0.6 is 0 Å². The molecule has 0 bridgehead atoms. The van der Waals surface area contributed by atoms with E-state index in [2.05, 4.69) is 0 Å². The van der Waals surface area contributed by atoms with E-state index < -0.39 is 23.2 Å². The van der Waals surface area contributed by atoms with Crippen LogP contribution in [0.5, 0.6) is 17.2 Å². The van der Waals surface area contributed by atoms with Crippen LogP contribution in [0.2, 0.25) is 0 Å². The lowest BCUT2D eigenvalue weighted by Gasteiger charge is -2.26. The summed E-state index contributed by atoms with van der Waals surface area (Å²) in [5, 5.41) is 0.0545. The summed E-state index contributed by atoms with van der Waals surface area (Å²) in [5.74, 6) is -0.0514. The number of benzene rings is 3. The molecule has 1 amide bonds. The van der Waals surface area contributed by atoms with E-state index in [1.807, 2.05) is 6.07 Å². The van der Waals surface area contributed by atoms with Crippen LogP contribution in [0, 0.1) is 5.82 Å². The largest absolute Gasteiger partial charge is 0.493 e. The SMILES string of the molecule is COc1cc(C2c3c(oc4ccc(F)cc4c3=O)C(=O)N2c2ccccc2)cc(OC)c1OC. The summed E-state index contributed by atoms with van der Waals surface area (Å²) in [6.07, 6.45) is 0. The molecule has 0 saturated carbocycles. The van der Waals surface area contributed by atoms with E-state index in [1.54, 1.807) is 36.4 Å². The Labute approximate surface area is 193 Å². The number of methoxy groups -OCH3 is 3. The van der Waals surface area contributed by atoms with E-state index in [9.17, 15) is 14.0 Å². The van der Waals surface area contributed by atoms with Gasteiger partial charge in [-0.25, -0.2) is 4.39 Å². The van der Waals surface area contributed by atoms with Gasteiger partial charge < -0.3 is 18.6 Å². The Hall–Kier alpha value is -4.33. The van der Waals surface area contributed by atoms with Crippen molar-refractivity contribution in [3.05, 3.63) is 93.6 Å². The van der Waals surface area contributed by atoms with Crippen molar-refractivity contribution in [1.29, 1.82) is 0 Å². The Morgan fingerprint density at radius 1 is 0.882 bits per heavy atom. The van der Waals surface area contributed by atoms with Crippen molar-refractivity contribution in [2.45, 2.75) is 6.04 Å². The van der Waals surface area contributed by atoms with Gasteiger partial charge in [0.05, 0.1) is 38.3 Å². The number of hydrogen-bond donors (Lipinski definition) is 0. The van der Waals surface area contributed by atoms with E-state index in [-0.39, 0.29) is 22.3 Å². The number of para-hydroxylation sites is 1. The van der Waals surface area contributed by atoms with Crippen LogP contribution in [0.3, 0.4) is 0 Å². The summed E-state index contributed by atoms with van der Waals surface area (Å²) in [5.41, 5.74) is 0.861. The number of nitrogens with zero attached hydrogens (tertiary/aromatic N) is 1. The fraction of sp³-hybridized carbons (Fsp3) is 0.154. The van der Waals surface area contributed by atoms with Gasteiger partial charge >= 0.3 is 0 Å². The second kappa shape index (κ2) is 8.22. The number of rotatable bonds is 5. The second-order valence-corrected chi connectivity index (χ2v) is 7.69. The Morgan fingerprint density at radius 2 is 1.56 bits per heavy atom. The van der Waals surface area contributed by atoms with Crippen LogP contribution in [-0.4, -0.2) is 27.2 Å². The maximum Gasteiger partial charge on any atom is 0.295 e. The third-order valence-corrected chi connectivity index (χ3v) is 5.87. The lowest BCUT2D eigenvalue weighted by molar-refractivity contribution is 0.0971. The maximum atomic E-state index is 14.0. The normalized spacial score (nSPS) is 14.9. The van der Waals surface area contributed by atoms with Gasteiger partial charge in [0, 0.05) is 5.69 Å². The second-order valence-electron chi connectivity index (χ2n) is 7.69. The first-order valence-electron chi connectivity index (χ1n) is 10.4. The summed E-state index contributed by atoms with van der Waals surface area (Å²) in [4.78, 5) is 28.7. The maximum absolute atomic E-state index is 14.0. The van der Waals surface area contributed by atoms with Gasteiger partial charge in [-0.1, -0.05) is 18.2 Å². The molecular weight excluding hydrogens is 441 g/mol. The van der Waals surface area contributed by atoms with Crippen LogP contribution < -0.4 is 24.5 Å². The summed E-state index contributed by atoms with van der Waals surface area (Å²) >= 11 is 0. The molecule has 172 valence electrons. The molecule has 0 spiro atoms. The predicted molar refractivity (Wildman–Crippen MR) is 124 cm³/mol. The zero-order chi connectivity index (χ0) is 24.0. The molecule has 34 heavy (non-hydrogen) atoms. The van der Waals surface area contributed by atoms with Gasteiger partial charge in [0.25, 0.3) is 5.91 Å². The number of hydrogen-bond acceptors (Lipinski definition) is 6. The van der Waals surface area contributed by atoms with Crippen LogP contribution in [0.25, 0.3) is 11.0 Å². The number of halogens is 1. The van der Waals surface area contributed by atoms with Gasteiger partial charge in [0.2, 0.25) is 11.5 Å². The van der Waals surface area contributed by atoms with Gasteiger partial charge in [-0.3, -0.25) is 14.5 Å². The molecule has 7 nitrogen and oxygen atoms in total. The highest BCUT2D eigenvalue weighted by molar-refractivity contribution is 6.10. The zero-order valence-electron chi connectivity index (χ0n) is 18.6. The van der Waals surface area contributed by atoms with E-state index in [0.717, 1.165) is 6.07 Å². The molecule has 5 rings (SSSR count). The molecule has 0 aliphatic carbocycles. The predicted octanol–water partition coefficient (Wildman–Crippen LogP) is 4.71. The molecule has 0 fully saturated rings. The molecule has 8 heteroatoms. The Bertz CT molecular complexity index is 1460. The number of anilines is 1. The molecule has 0 N–H and O–H groups in total. The van der Waals surface area contributed by atoms with Gasteiger partial charge in [-0.2, -0.15) is 0 Å². The quantitative estimate of drug-likeness (QED) is 0.429. The summed E-state index contributed by atoms with van der Waals surface area (Å²) in [6, 6.07) is 15.1. The van der Waals surface area contributed by atoms with Crippen LogP contribution in [0.4, 0.5) is 10.1 Å². The summed E-state index contributed by atoms with van der Waals surface area (Å²) < 4.78 is 36.3. The van der Waals surface area contributed by atoms with Gasteiger partial charge in [-0.15, -0.1) is 0 Å². The molecule has 1 unspecified atom stereocenters. The molecule has 1 atom stereocenters. The highest BCUT2D eigenvalue weighted by atomic mass is 19.1. The third-order valence-electron chi connectivity index (χ3n) is 5.87. The Morgan fingerprint density at radius 3 is 2.18 bits per heavy atom. The van der Waals surface area contributed by atoms with Crippen molar-refractivity contribution in [3.63, 3.8) is 0 Å². The third kappa shape index (κ3) is 3.18. The molecule has 4 aromatic rings. The van der Waals surface area contributed by atoms with Crippen LogP contribution in [0.1, 0.15) is 27.7 Å². The number of amides is 1. The first-order chi connectivity index (χ1) is 16.5. The van der Waals surface area contributed by atoms with E-state index in [1.165, 1.54) is 38.4 Å². The average Bonchev–Trinajstić information content (AvgIpc) is 3.16. The molecule has 0 saturated heterocycles. The van der Waals surface area contributed by atoms with Gasteiger partial charge in [-0.05, 0) is 48.0 Å². The van der Waals surface area contributed by atoms with Crippen molar-refractivity contribution in [3.8, 4) is 17.2 Å². The number of carbonyl (C=O) groups excluding carboxylic acids is 1. The van der Waals surface area contributed by atoms with Gasteiger partial charge in [0.15, 0.2) is 16.9 Å². The van der Waals surface area contributed by atoms with Crippen molar-refractivity contribution in [2.24, 2.45) is 0 Å². The Kier molecular flexibility index (Phi) is 5.20. The minimum Gasteiger partial charge on any atom is -0.493 e. The van der Waals surface area contributed by atoms with E-state index in [0.29, 0.717) is 28.5 Å². The molecule has 1 aromatic heterocycles. The van der Waals surface area contributed by atoms with Crippen molar-refractivity contribution >= 4 is 22.6 Å². The van der Waals surface area contributed by atoms with Crippen molar-refractivity contribution < 1.29 is 27.8 Å².